The third-order valence-electron chi connectivity index (χ3n) is 3.34. The Bertz CT molecular complexity index is 398. The number of carbonyl (C=O) groups is 3. The summed E-state index contributed by atoms with van der Waals surface area (Å²) in [4.78, 5) is 34.8. The zero-order valence-corrected chi connectivity index (χ0v) is 12.3. The number of aliphatic carboxylic acids is 1. The Balaban J connectivity index is 2.58. The van der Waals surface area contributed by atoms with Crippen molar-refractivity contribution >= 4 is 18.5 Å². The molecule has 7 heteroatoms. The Kier molecular flexibility index (Phi) is 4.62. The summed E-state index contributed by atoms with van der Waals surface area (Å²) in [5.41, 5.74) is -1.42. The van der Waals surface area contributed by atoms with Gasteiger partial charge < -0.3 is 20.1 Å². The zero-order chi connectivity index (χ0) is 15.6. The van der Waals surface area contributed by atoms with E-state index >= 15 is 0 Å². The van der Waals surface area contributed by atoms with Gasteiger partial charge in [-0.1, -0.05) is 0 Å². The number of carbonyl (C=O) groups excluding carboxylic acids is 2. The van der Waals surface area contributed by atoms with Gasteiger partial charge in [-0.05, 0) is 27.7 Å². The van der Waals surface area contributed by atoms with Crippen molar-refractivity contribution < 1.29 is 24.2 Å². The minimum atomic E-state index is -0.988. The maximum Gasteiger partial charge on any atom is 0.410 e. The Morgan fingerprint density at radius 2 is 1.90 bits per heavy atom. The maximum absolute atomic E-state index is 11.8. The molecule has 1 aliphatic rings. The standard InChI is InChI=1S/C13H22N2O5/c1-12(2,3)20-11(19)15-6-9(7-15)13(4,14-8-16)5-10(17)18/h8-9H,5-7H2,1-4H3,(H,14,16)(H,17,18). The first-order valence-corrected chi connectivity index (χ1v) is 6.48. The Hall–Kier alpha value is -1.79. The lowest BCUT2D eigenvalue weighted by Gasteiger charge is -2.48. The number of ether oxygens (including phenoxy) is 1. The minimum Gasteiger partial charge on any atom is -0.481 e. The zero-order valence-electron chi connectivity index (χ0n) is 12.3. The molecule has 0 aromatic carbocycles. The van der Waals surface area contributed by atoms with Gasteiger partial charge in [-0.15, -0.1) is 0 Å². The molecule has 1 rings (SSSR count). The molecule has 0 aromatic heterocycles. The van der Waals surface area contributed by atoms with Gasteiger partial charge in [-0.2, -0.15) is 0 Å². The largest absolute Gasteiger partial charge is 0.481 e. The molecule has 2 N–H and O–H groups in total. The van der Waals surface area contributed by atoms with Crippen LogP contribution in [0.5, 0.6) is 0 Å². The molecular weight excluding hydrogens is 264 g/mol. The molecule has 114 valence electrons. The Morgan fingerprint density at radius 3 is 2.30 bits per heavy atom. The number of hydrogen-bond donors (Lipinski definition) is 2. The summed E-state index contributed by atoms with van der Waals surface area (Å²) in [6, 6.07) is 0. The summed E-state index contributed by atoms with van der Waals surface area (Å²) in [5, 5.41) is 11.5. The van der Waals surface area contributed by atoms with Crippen LogP contribution in [-0.2, 0) is 14.3 Å². The molecule has 2 amide bonds. The van der Waals surface area contributed by atoms with E-state index in [1.165, 1.54) is 4.90 Å². The summed E-state index contributed by atoms with van der Waals surface area (Å²) in [6.07, 6.45) is -0.102. The second-order valence-corrected chi connectivity index (χ2v) is 6.33. The van der Waals surface area contributed by atoms with Crippen molar-refractivity contribution in [3.8, 4) is 0 Å². The fraction of sp³-hybridized carbons (Fsp3) is 0.769. The SMILES string of the molecule is CC(C)(C)OC(=O)N1CC(C(C)(CC(=O)O)NC=O)C1. The van der Waals surface area contributed by atoms with Crippen LogP contribution in [0.2, 0.25) is 0 Å². The first-order chi connectivity index (χ1) is 9.07. The quantitative estimate of drug-likeness (QED) is 0.730. The average molecular weight is 286 g/mol. The summed E-state index contributed by atoms with van der Waals surface area (Å²) < 4.78 is 5.22. The molecule has 0 bridgehead atoms. The summed E-state index contributed by atoms with van der Waals surface area (Å²) in [5.74, 6) is -1.09. The van der Waals surface area contributed by atoms with Gasteiger partial charge in [0, 0.05) is 19.0 Å². The average Bonchev–Trinajstić information content (AvgIpc) is 2.09. The van der Waals surface area contributed by atoms with Crippen LogP contribution in [0.1, 0.15) is 34.1 Å². The van der Waals surface area contributed by atoms with Crippen LogP contribution in [0.25, 0.3) is 0 Å². The van der Waals surface area contributed by atoms with E-state index in [1.54, 1.807) is 27.7 Å². The minimum absolute atomic E-state index is 0.101. The molecule has 0 radical (unpaired) electrons. The summed E-state index contributed by atoms with van der Waals surface area (Å²) in [6.45, 7) is 7.77. The summed E-state index contributed by atoms with van der Waals surface area (Å²) in [7, 11) is 0. The maximum atomic E-state index is 11.8. The Labute approximate surface area is 118 Å². The third kappa shape index (κ3) is 4.11. The van der Waals surface area contributed by atoms with E-state index in [2.05, 4.69) is 5.32 Å². The molecule has 7 nitrogen and oxygen atoms in total. The van der Waals surface area contributed by atoms with Crippen LogP contribution in [-0.4, -0.2) is 52.7 Å². The molecule has 0 saturated carbocycles. The van der Waals surface area contributed by atoms with Crippen LogP contribution in [0, 0.1) is 5.92 Å². The van der Waals surface area contributed by atoms with Gasteiger partial charge in [0.05, 0.1) is 12.0 Å². The van der Waals surface area contributed by atoms with Crippen molar-refractivity contribution in [1.29, 1.82) is 0 Å². The first-order valence-electron chi connectivity index (χ1n) is 6.48. The van der Waals surface area contributed by atoms with E-state index in [0.29, 0.717) is 19.5 Å². The highest BCUT2D eigenvalue weighted by Gasteiger charge is 2.45. The van der Waals surface area contributed by atoms with Gasteiger partial charge in [0.2, 0.25) is 6.41 Å². The van der Waals surface area contributed by atoms with Crippen LogP contribution in [0.15, 0.2) is 0 Å². The molecule has 0 aliphatic carbocycles. The van der Waals surface area contributed by atoms with Crippen molar-refractivity contribution in [2.24, 2.45) is 5.92 Å². The van der Waals surface area contributed by atoms with Crippen molar-refractivity contribution in [1.82, 2.24) is 10.2 Å². The van der Waals surface area contributed by atoms with E-state index in [9.17, 15) is 14.4 Å². The molecule has 1 saturated heterocycles. The lowest BCUT2D eigenvalue weighted by Crippen LogP contribution is -2.64. The lowest BCUT2D eigenvalue weighted by molar-refractivity contribution is -0.140. The predicted molar refractivity (Wildman–Crippen MR) is 71.2 cm³/mol. The van der Waals surface area contributed by atoms with Gasteiger partial charge in [0.15, 0.2) is 0 Å². The van der Waals surface area contributed by atoms with Crippen LogP contribution >= 0.6 is 0 Å². The van der Waals surface area contributed by atoms with Gasteiger partial charge in [-0.25, -0.2) is 4.79 Å². The molecule has 0 spiro atoms. The molecule has 1 heterocycles. The normalized spacial score (nSPS) is 18.7. The van der Waals surface area contributed by atoms with Gasteiger partial charge in [0.25, 0.3) is 0 Å². The first kappa shape index (κ1) is 16.3. The van der Waals surface area contributed by atoms with E-state index in [1.807, 2.05) is 0 Å². The van der Waals surface area contributed by atoms with Crippen LogP contribution < -0.4 is 5.32 Å². The lowest BCUT2D eigenvalue weighted by atomic mass is 9.78. The Morgan fingerprint density at radius 1 is 1.35 bits per heavy atom. The van der Waals surface area contributed by atoms with Gasteiger partial charge in [0.1, 0.15) is 5.60 Å². The highest BCUT2D eigenvalue weighted by atomic mass is 16.6. The van der Waals surface area contributed by atoms with Crippen molar-refractivity contribution in [3.63, 3.8) is 0 Å². The van der Waals surface area contributed by atoms with Crippen LogP contribution in [0.3, 0.4) is 0 Å². The topological polar surface area (TPSA) is 95.9 Å². The molecule has 1 aliphatic heterocycles. The van der Waals surface area contributed by atoms with Crippen molar-refractivity contribution in [3.05, 3.63) is 0 Å². The van der Waals surface area contributed by atoms with Crippen molar-refractivity contribution in [2.75, 3.05) is 13.1 Å². The predicted octanol–water partition coefficient (Wildman–Crippen LogP) is 0.833. The highest BCUT2D eigenvalue weighted by Crippen LogP contribution is 2.31. The summed E-state index contributed by atoms with van der Waals surface area (Å²) >= 11 is 0. The molecule has 1 atom stereocenters. The highest BCUT2D eigenvalue weighted by molar-refractivity contribution is 5.71. The number of nitrogens with zero attached hydrogens (tertiary/aromatic N) is 1. The number of hydrogen-bond acceptors (Lipinski definition) is 4. The van der Waals surface area contributed by atoms with Gasteiger partial charge >= 0.3 is 12.1 Å². The second-order valence-electron chi connectivity index (χ2n) is 6.33. The van der Waals surface area contributed by atoms with E-state index in [-0.39, 0.29) is 12.3 Å². The fourth-order valence-electron chi connectivity index (χ4n) is 2.12. The number of rotatable bonds is 5. The van der Waals surface area contributed by atoms with E-state index in [4.69, 9.17) is 9.84 Å². The molecule has 1 fully saturated rings. The smallest absolute Gasteiger partial charge is 0.410 e. The fourth-order valence-corrected chi connectivity index (χ4v) is 2.12. The van der Waals surface area contributed by atoms with Gasteiger partial charge in [-0.3, -0.25) is 9.59 Å². The molecule has 0 aromatic rings. The molecule has 1 unspecified atom stereocenters. The number of nitrogens with one attached hydrogen (secondary N) is 1. The number of amides is 2. The monoisotopic (exact) mass is 286 g/mol. The van der Waals surface area contributed by atoms with E-state index < -0.39 is 23.2 Å². The van der Waals surface area contributed by atoms with Crippen molar-refractivity contribution in [2.45, 2.75) is 45.3 Å². The number of likely N-dealkylation sites (tertiary alicyclic amines) is 1. The van der Waals surface area contributed by atoms with E-state index in [0.717, 1.165) is 0 Å². The van der Waals surface area contributed by atoms with Crippen LogP contribution in [0.4, 0.5) is 4.79 Å². The number of carboxylic acids is 1. The third-order valence-corrected chi connectivity index (χ3v) is 3.34. The molecular formula is C13H22N2O5. The number of carboxylic acid groups (broad SMARTS) is 1. The second kappa shape index (κ2) is 5.68. The molecule has 20 heavy (non-hydrogen) atoms.